The van der Waals surface area contributed by atoms with Crippen molar-refractivity contribution in [3.05, 3.63) is 58.1 Å². The maximum atomic E-state index is 13.1. The molecular formula is C23H26BrNO4. The Balaban J connectivity index is 1.81. The van der Waals surface area contributed by atoms with Crippen LogP contribution < -0.4 is 9.64 Å². The number of ketones is 1. The summed E-state index contributed by atoms with van der Waals surface area (Å²) in [4.78, 5) is 26.4. The Labute approximate surface area is 179 Å². The van der Waals surface area contributed by atoms with E-state index >= 15 is 0 Å². The number of aliphatic hydroxyl groups is 1. The first-order valence-corrected chi connectivity index (χ1v) is 10.6. The third-order valence-electron chi connectivity index (χ3n) is 5.03. The minimum Gasteiger partial charge on any atom is -0.494 e. The van der Waals surface area contributed by atoms with Crippen molar-refractivity contribution in [2.75, 3.05) is 11.5 Å². The monoisotopic (exact) mass is 459 g/mol. The highest BCUT2D eigenvalue weighted by atomic mass is 79.9. The van der Waals surface area contributed by atoms with E-state index in [1.54, 1.807) is 17.0 Å². The van der Waals surface area contributed by atoms with E-state index in [0.717, 1.165) is 22.2 Å². The Morgan fingerprint density at radius 2 is 1.90 bits per heavy atom. The third-order valence-corrected chi connectivity index (χ3v) is 5.52. The van der Waals surface area contributed by atoms with Gasteiger partial charge in [0, 0.05) is 16.5 Å². The molecule has 1 heterocycles. The second-order valence-electron chi connectivity index (χ2n) is 7.97. The summed E-state index contributed by atoms with van der Waals surface area (Å²) in [5.41, 5.74) is 0.167. The average Bonchev–Trinajstić information content (AvgIpc) is 2.84. The number of nitrogens with zero attached hydrogens (tertiary/aromatic N) is 1. The van der Waals surface area contributed by atoms with Gasteiger partial charge in [-0.1, -0.05) is 41.9 Å². The van der Waals surface area contributed by atoms with E-state index in [2.05, 4.69) is 29.8 Å². The van der Waals surface area contributed by atoms with Gasteiger partial charge in [-0.25, -0.2) is 0 Å². The molecule has 1 aliphatic heterocycles. The van der Waals surface area contributed by atoms with Crippen LogP contribution in [0.4, 0.5) is 5.69 Å². The van der Waals surface area contributed by atoms with E-state index in [4.69, 9.17) is 4.74 Å². The highest BCUT2D eigenvalue weighted by Gasteiger charge is 2.50. The Morgan fingerprint density at radius 1 is 1.21 bits per heavy atom. The number of halogens is 1. The van der Waals surface area contributed by atoms with Crippen LogP contribution in [0.5, 0.6) is 5.75 Å². The molecule has 0 aromatic heterocycles. The summed E-state index contributed by atoms with van der Waals surface area (Å²) in [7, 11) is 0. The fourth-order valence-corrected chi connectivity index (χ4v) is 3.86. The number of amides is 1. The van der Waals surface area contributed by atoms with Crippen LogP contribution in [0.25, 0.3) is 0 Å². The molecule has 0 bridgehead atoms. The molecule has 0 spiro atoms. The topological polar surface area (TPSA) is 66.8 Å². The Kier molecular flexibility index (Phi) is 6.44. The summed E-state index contributed by atoms with van der Waals surface area (Å²) < 4.78 is 6.49. The quantitative estimate of drug-likeness (QED) is 0.626. The lowest BCUT2D eigenvalue weighted by molar-refractivity contribution is -0.141. The maximum Gasteiger partial charge on any atom is 0.264 e. The van der Waals surface area contributed by atoms with Crippen molar-refractivity contribution in [3.63, 3.8) is 0 Å². The lowest BCUT2D eigenvalue weighted by Gasteiger charge is -2.22. The minimum absolute atomic E-state index is 0.239. The molecule has 29 heavy (non-hydrogen) atoms. The SMILES string of the molecule is CC(=O)CC1(O)C(=O)N(Cc2ccc(OCCC(C)C)cc2)c2ccc(Br)cc21. The highest BCUT2D eigenvalue weighted by Crippen LogP contribution is 2.44. The van der Waals surface area contributed by atoms with Crippen LogP contribution in [-0.2, 0) is 21.7 Å². The van der Waals surface area contributed by atoms with Crippen molar-refractivity contribution in [3.8, 4) is 5.75 Å². The molecule has 2 aromatic carbocycles. The van der Waals surface area contributed by atoms with Gasteiger partial charge in [0.1, 0.15) is 11.5 Å². The zero-order chi connectivity index (χ0) is 21.2. The van der Waals surface area contributed by atoms with Crippen molar-refractivity contribution < 1.29 is 19.4 Å². The van der Waals surface area contributed by atoms with Crippen LogP contribution in [0.3, 0.4) is 0 Å². The van der Waals surface area contributed by atoms with Crippen molar-refractivity contribution in [1.29, 1.82) is 0 Å². The number of rotatable bonds is 8. The molecule has 0 radical (unpaired) electrons. The van der Waals surface area contributed by atoms with E-state index in [0.29, 0.717) is 30.3 Å². The van der Waals surface area contributed by atoms with E-state index in [-0.39, 0.29) is 12.2 Å². The molecule has 2 aromatic rings. The van der Waals surface area contributed by atoms with Crippen LogP contribution in [0.15, 0.2) is 46.9 Å². The molecule has 1 N–H and O–H groups in total. The van der Waals surface area contributed by atoms with Gasteiger partial charge in [-0.15, -0.1) is 0 Å². The molecule has 0 aliphatic carbocycles. The molecule has 1 unspecified atom stereocenters. The molecular weight excluding hydrogens is 434 g/mol. The standard InChI is InChI=1S/C23H26BrNO4/c1-15(2)10-11-29-19-7-4-17(5-8-19)14-25-21-9-6-18(24)12-20(21)23(28,22(25)27)13-16(3)26/h4-9,12,15,28H,10-11,13-14H2,1-3H3. The van der Waals surface area contributed by atoms with Crippen LogP contribution in [0.2, 0.25) is 0 Å². The molecule has 0 saturated heterocycles. The number of hydrogen-bond donors (Lipinski definition) is 1. The van der Waals surface area contributed by atoms with Crippen molar-refractivity contribution >= 4 is 33.3 Å². The van der Waals surface area contributed by atoms with Gasteiger partial charge in [0.05, 0.1) is 18.8 Å². The predicted molar refractivity (Wildman–Crippen MR) is 116 cm³/mol. The number of anilines is 1. The molecule has 154 valence electrons. The fourth-order valence-electron chi connectivity index (χ4n) is 3.50. The van der Waals surface area contributed by atoms with Gasteiger partial charge in [0.15, 0.2) is 5.60 Å². The summed E-state index contributed by atoms with van der Waals surface area (Å²) in [6.07, 6.45) is 0.750. The summed E-state index contributed by atoms with van der Waals surface area (Å²) >= 11 is 3.39. The maximum absolute atomic E-state index is 13.1. The first kappa shape index (κ1) is 21.5. The number of hydrogen-bond acceptors (Lipinski definition) is 4. The van der Waals surface area contributed by atoms with Gasteiger partial charge in [-0.2, -0.15) is 0 Å². The van der Waals surface area contributed by atoms with E-state index in [1.807, 2.05) is 30.3 Å². The lowest BCUT2D eigenvalue weighted by atomic mass is 9.90. The second-order valence-corrected chi connectivity index (χ2v) is 8.88. The van der Waals surface area contributed by atoms with Gasteiger partial charge in [0.25, 0.3) is 5.91 Å². The van der Waals surface area contributed by atoms with Crippen LogP contribution in [-0.4, -0.2) is 23.4 Å². The van der Waals surface area contributed by atoms with E-state index < -0.39 is 11.5 Å². The lowest BCUT2D eigenvalue weighted by Crippen LogP contribution is -2.41. The van der Waals surface area contributed by atoms with Crippen molar-refractivity contribution in [2.24, 2.45) is 5.92 Å². The Bertz CT molecular complexity index is 910. The zero-order valence-corrected chi connectivity index (χ0v) is 18.5. The first-order chi connectivity index (χ1) is 13.7. The zero-order valence-electron chi connectivity index (χ0n) is 16.9. The van der Waals surface area contributed by atoms with Crippen LogP contribution >= 0.6 is 15.9 Å². The fraction of sp³-hybridized carbons (Fsp3) is 0.391. The van der Waals surface area contributed by atoms with Gasteiger partial charge in [0.2, 0.25) is 0 Å². The van der Waals surface area contributed by atoms with Gasteiger partial charge in [-0.05, 0) is 55.2 Å². The minimum atomic E-state index is -1.83. The smallest absolute Gasteiger partial charge is 0.264 e. The third kappa shape index (κ3) is 4.70. The van der Waals surface area contributed by atoms with Gasteiger partial charge in [-0.3, -0.25) is 9.59 Å². The summed E-state index contributed by atoms with van der Waals surface area (Å²) in [6, 6.07) is 12.9. The number of Topliss-reactive ketones (excluding diaryl/α,β-unsaturated/α-hetero) is 1. The summed E-state index contributed by atoms with van der Waals surface area (Å²) in [5.74, 6) is 0.665. The Hall–Kier alpha value is -2.18. The Morgan fingerprint density at radius 3 is 2.52 bits per heavy atom. The number of ether oxygens (including phenoxy) is 1. The van der Waals surface area contributed by atoms with Crippen molar-refractivity contribution in [1.82, 2.24) is 0 Å². The number of carbonyl (C=O) groups is 2. The largest absolute Gasteiger partial charge is 0.494 e. The summed E-state index contributed by atoms with van der Waals surface area (Å²) in [5, 5.41) is 11.1. The molecule has 1 amide bonds. The summed E-state index contributed by atoms with van der Waals surface area (Å²) in [6.45, 7) is 6.66. The molecule has 0 saturated carbocycles. The normalized spacial score (nSPS) is 18.3. The van der Waals surface area contributed by atoms with E-state index in [9.17, 15) is 14.7 Å². The molecule has 1 atom stereocenters. The molecule has 0 fully saturated rings. The average molecular weight is 460 g/mol. The molecule has 3 rings (SSSR count). The van der Waals surface area contributed by atoms with Crippen molar-refractivity contribution in [2.45, 2.75) is 45.8 Å². The second kappa shape index (κ2) is 8.67. The molecule has 1 aliphatic rings. The number of carbonyl (C=O) groups excluding carboxylic acids is 2. The molecule has 6 heteroatoms. The highest BCUT2D eigenvalue weighted by molar-refractivity contribution is 9.10. The first-order valence-electron chi connectivity index (χ1n) is 9.76. The number of benzene rings is 2. The van der Waals surface area contributed by atoms with Gasteiger partial charge < -0.3 is 14.7 Å². The predicted octanol–water partition coefficient (Wildman–Crippen LogP) is 4.59. The van der Waals surface area contributed by atoms with Gasteiger partial charge >= 0.3 is 0 Å². The molecule has 5 nitrogen and oxygen atoms in total. The van der Waals surface area contributed by atoms with Crippen LogP contribution in [0.1, 0.15) is 44.7 Å². The number of fused-ring (bicyclic) bond motifs is 1. The van der Waals surface area contributed by atoms with Crippen LogP contribution in [0, 0.1) is 5.92 Å². The van der Waals surface area contributed by atoms with E-state index in [1.165, 1.54) is 6.92 Å².